The normalized spacial score (nSPS) is 19.9. The zero-order valence-electron chi connectivity index (χ0n) is 10.8. The van der Waals surface area contributed by atoms with Gasteiger partial charge in [0.2, 0.25) is 0 Å². The highest BCUT2D eigenvalue weighted by Crippen LogP contribution is 2.25. The van der Waals surface area contributed by atoms with Crippen molar-refractivity contribution in [3.63, 3.8) is 0 Å². The molecule has 0 spiro atoms. The maximum atomic E-state index is 11.4. The number of hydrogen-bond donors (Lipinski definition) is 1. The number of aryl methyl sites for hydroxylation is 1. The Labute approximate surface area is 106 Å². The van der Waals surface area contributed by atoms with Gasteiger partial charge >= 0.3 is 5.97 Å². The van der Waals surface area contributed by atoms with Gasteiger partial charge in [0.25, 0.3) is 0 Å². The molecule has 1 aromatic heterocycles. The summed E-state index contributed by atoms with van der Waals surface area (Å²) in [7, 11) is 0. The van der Waals surface area contributed by atoms with E-state index in [1.54, 1.807) is 13.8 Å². The third kappa shape index (κ3) is 2.15. The lowest BCUT2D eigenvalue weighted by Gasteiger charge is -2.34. The van der Waals surface area contributed by atoms with Crippen molar-refractivity contribution >= 4 is 11.8 Å². The Hall–Kier alpha value is -1.69. The number of anilines is 1. The van der Waals surface area contributed by atoms with Crippen molar-refractivity contribution in [1.29, 1.82) is 0 Å². The Morgan fingerprint density at radius 1 is 1.44 bits per heavy atom. The number of nitrogens with zero attached hydrogens (tertiary/aromatic N) is 3. The summed E-state index contributed by atoms with van der Waals surface area (Å²) in [5.74, 6) is -0.513. The maximum absolute atomic E-state index is 11.4. The topological polar surface area (TPSA) is 75.5 Å². The fourth-order valence-corrected chi connectivity index (χ4v) is 2.09. The summed E-state index contributed by atoms with van der Waals surface area (Å²) in [6.07, 6.45) is 0. The number of hydrogen-bond acceptors (Lipinski definition) is 5. The number of carboxylic acid groups (broad SMARTS) is 1. The Balaban J connectivity index is 2.49. The molecule has 0 aromatic carbocycles. The third-order valence-corrected chi connectivity index (χ3v) is 3.29. The van der Waals surface area contributed by atoms with Crippen LogP contribution >= 0.6 is 0 Å². The van der Waals surface area contributed by atoms with Crippen molar-refractivity contribution in [3.8, 4) is 0 Å². The lowest BCUT2D eigenvalue weighted by Crippen LogP contribution is -2.45. The van der Waals surface area contributed by atoms with Crippen LogP contribution in [0.5, 0.6) is 0 Å². The molecule has 98 valence electrons. The molecule has 6 heteroatoms. The zero-order valence-corrected chi connectivity index (χ0v) is 10.8. The Morgan fingerprint density at radius 2 is 2.17 bits per heavy atom. The van der Waals surface area contributed by atoms with E-state index in [1.807, 2.05) is 11.8 Å². The molecule has 0 radical (unpaired) electrons. The number of carbonyl (C=O) groups is 1. The lowest BCUT2D eigenvalue weighted by atomic mass is 10.1. The second-order valence-corrected chi connectivity index (χ2v) is 4.53. The second kappa shape index (κ2) is 4.89. The largest absolute Gasteiger partial charge is 0.478 e. The molecule has 18 heavy (non-hydrogen) atoms. The van der Waals surface area contributed by atoms with Gasteiger partial charge in [-0.2, -0.15) is 5.10 Å². The number of aromatic carboxylic acids is 1. The highest BCUT2D eigenvalue weighted by molar-refractivity contribution is 5.95. The molecule has 1 saturated heterocycles. The van der Waals surface area contributed by atoms with E-state index in [-0.39, 0.29) is 11.6 Å². The molecule has 1 aromatic rings. The van der Waals surface area contributed by atoms with E-state index >= 15 is 0 Å². The van der Waals surface area contributed by atoms with Crippen molar-refractivity contribution in [2.45, 2.75) is 26.8 Å². The molecule has 1 aliphatic heterocycles. The first-order valence-corrected chi connectivity index (χ1v) is 5.94. The molecule has 1 fully saturated rings. The minimum absolute atomic E-state index is 0.105. The van der Waals surface area contributed by atoms with E-state index in [9.17, 15) is 9.90 Å². The summed E-state index contributed by atoms with van der Waals surface area (Å²) in [4.78, 5) is 13.4. The van der Waals surface area contributed by atoms with Gasteiger partial charge in [0.1, 0.15) is 5.56 Å². The van der Waals surface area contributed by atoms with Crippen LogP contribution in [0, 0.1) is 13.8 Å². The van der Waals surface area contributed by atoms with E-state index in [0.29, 0.717) is 36.8 Å². The summed E-state index contributed by atoms with van der Waals surface area (Å²) in [6.45, 7) is 7.31. The summed E-state index contributed by atoms with van der Waals surface area (Å²) in [5, 5.41) is 17.5. The molecule has 2 heterocycles. The van der Waals surface area contributed by atoms with Crippen molar-refractivity contribution in [2.24, 2.45) is 0 Å². The summed E-state index contributed by atoms with van der Waals surface area (Å²) in [6, 6.07) is 0.105. The smallest absolute Gasteiger partial charge is 0.339 e. The summed E-state index contributed by atoms with van der Waals surface area (Å²) >= 11 is 0. The van der Waals surface area contributed by atoms with Crippen molar-refractivity contribution in [1.82, 2.24) is 10.2 Å². The molecule has 1 aliphatic rings. The average molecular weight is 251 g/mol. The third-order valence-electron chi connectivity index (χ3n) is 3.29. The van der Waals surface area contributed by atoms with Crippen LogP contribution in [0.2, 0.25) is 0 Å². The summed E-state index contributed by atoms with van der Waals surface area (Å²) < 4.78 is 5.35. The van der Waals surface area contributed by atoms with Crippen LogP contribution in [0.15, 0.2) is 0 Å². The minimum Gasteiger partial charge on any atom is -0.478 e. The van der Waals surface area contributed by atoms with Crippen LogP contribution in [-0.2, 0) is 4.74 Å². The fraction of sp³-hybridized carbons (Fsp3) is 0.583. The van der Waals surface area contributed by atoms with Crippen LogP contribution in [0.25, 0.3) is 0 Å². The first-order chi connectivity index (χ1) is 8.52. The summed E-state index contributed by atoms with van der Waals surface area (Å²) in [5.41, 5.74) is 1.57. The molecular weight excluding hydrogens is 234 g/mol. The Kier molecular flexibility index (Phi) is 3.47. The van der Waals surface area contributed by atoms with Crippen molar-refractivity contribution in [2.75, 3.05) is 24.7 Å². The van der Waals surface area contributed by atoms with E-state index in [4.69, 9.17) is 4.74 Å². The monoisotopic (exact) mass is 251 g/mol. The molecule has 1 unspecified atom stereocenters. The van der Waals surface area contributed by atoms with Crippen LogP contribution < -0.4 is 4.90 Å². The van der Waals surface area contributed by atoms with Gasteiger partial charge in [0.15, 0.2) is 5.82 Å². The van der Waals surface area contributed by atoms with Gasteiger partial charge in [-0.05, 0) is 26.3 Å². The molecular formula is C12H17N3O3. The van der Waals surface area contributed by atoms with Crippen molar-refractivity contribution < 1.29 is 14.6 Å². The molecule has 1 N–H and O–H groups in total. The number of ether oxygens (including phenoxy) is 1. The van der Waals surface area contributed by atoms with Gasteiger partial charge in [-0.15, -0.1) is 5.10 Å². The fourth-order valence-electron chi connectivity index (χ4n) is 2.09. The number of aromatic nitrogens is 2. The standard InChI is InChI=1S/C12H17N3O3/c1-7-6-18-5-4-15(7)11-10(12(16)17)8(2)9(3)13-14-11/h7H,4-6H2,1-3H3,(H,16,17). The number of rotatable bonds is 2. The molecule has 1 atom stereocenters. The van der Waals surface area contributed by atoms with Gasteiger partial charge in [-0.3, -0.25) is 0 Å². The molecule has 2 rings (SSSR count). The van der Waals surface area contributed by atoms with Gasteiger partial charge in [0, 0.05) is 6.54 Å². The number of carboxylic acids is 1. The van der Waals surface area contributed by atoms with E-state index in [2.05, 4.69) is 10.2 Å². The first kappa shape index (κ1) is 12.8. The van der Waals surface area contributed by atoms with E-state index in [0.717, 1.165) is 0 Å². The van der Waals surface area contributed by atoms with Gasteiger partial charge in [-0.25, -0.2) is 4.79 Å². The van der Waals surface area contributed by atoms with Crippen molar-refractivity contribution in [3.05, 3.63) is 16.8 Å². The van der Waals surface area contributed by atoms with Gasteiger partial charge < -0.3 is 14.7 Å². The average Bonchev–Trinajstić information content (AvgIpc) is 2.33. The van der Waals surface area contributed by atoms with Crippen LogP contribution in [0.4, 0.5) is 5.82 Å². The van der Waals surface area contributed by atoms with Gasteiger partial charge in [0.05, 0.1) is 24.9 Å². The highest BCUT2D eigenvalue weighted by atomic mass is 16.5. The SMILES string of the molecule is Cc1nnc(N2CCOCC2C)c(C(=O)O)c1C. The number of morpholine rings is 1. The second-order valence-electron chi connectivity index (χ2n) is 4.53. The molecule has 0 saturated carbocycles. The molecule has 0 bridgehead atoms. The van der Waals surface area contributed by atoms with E-state index in [1.165, 1.54) is 0 Å². The molecule has 6 nitrogen and oxygen atoms in total. The molecule has 0 aliphatic carbocycles. The first-order valence-electron chi connectivity index (χ1n) is 5.94. The van der Waals surface area contributed by atoms with Gasteiger partial charge in [-0.1, -0.05) is 0 Å². The molecule has 0 amide bonds. The Morgan fingerprint density at radius 3 is 2.78 bits per heavy atom. The van der Waals surface area contributed by atoms with Crippen LogP contribution in [-0.4, -0.2) is 47.1 Å². The quantitative estimate of drug-likeness (QED) is 0.845. The Bertz CT molecular complexity index is 476. The van der Waals surface area contributed by atoms with Crippen LogP contribution in [0.3, 0.4) is 0 Å². The maximum Gasteiger partial charge on any atom is 0.339 e. The zero-order chi connectivity index (χ0) is 13.3. The highest BCUT2D eigenvalue weighted by Gasteiger charge is 2.27. The lowest BCUT2D eigenvalue weighted by molar-refractivity contribution is 0.0693. The van der Waals surface area contributed by atoms with Crippen LogP contribution in [0.1, 0.15) is 28.5 Å². The predicted molar refractivity (Wildman–Crippen MR) is 66.1 cm³/mol. The predicted octanol–water partition coefficient (Wildman–Crippen LogP) is 1.02. The minimum atomic E-state index is -0.959. The van der Waals surface area contributed by atoms with E-state index < -0.39 is 5.97 Å².